The largest absolute Gasteiger partial charge is 0.338 e. The molecule has 6 heteroatoms. The molecule has 1 aliphatic rings. The van der Waals surface area contributed by atoms with Crippen molar-refractivity contribution in [2.24, 2.45) is 11.1 Å². The standard InChI is InChI=1S/C15H22N2O3S/c1-3-12-6-7-13(21(16,19)20)9-14(12)15(18)17-8-4-5-11(2)10-17/h6-7,9,11H,3-5,8,10H2,1-2H3,(H2,16,19,20). The molecule has 1 aromatic carbocycles. The zero-order valence-corrected chi connectivity index (χ0v) is 13.3. The first-order chi connectivity index (χ1) is 9.82. The maximum atomic E-state index is 12.7. The van der Waals surface area contributed by atoms with Gasteiger partial charge in [-0.25, -0.2) is 13.6 Å². The number of primary sulfonamides is 1. The molecule has 116 valence electrons. The summed E-state index contributed by atoms with van der Waals surface area (Å²) in [6.07, 6.45) is 2.79. The van der Waals surface area contributed by atoms with E-state index in [4.69, 9.17) is 5.14 Å². The van der Waals surface area contributed by atoms with E-state index in [1.807, 2.05) is 11.8 Å². The molecule has 5 nitrogen and oxygen atoms in total. The minimum Gasteiger partial charge on any atom is -0.338 e. The van der Waals surface area contributed by atoms with Gasteiger partial charge in [-0.1, -0.05) is 19.9 Å². The Morgan fingerprint density at radius 3 is 2.71 bits per heavy atom. The van der Waals surface area contributed by atoms with Gasteiger partial charge in [-0.3, -0.25) is 4.79 Å². The summed E-state index contributed by atoms with van der Waals surface area (Å²) >= 11 is 0. The third-order valence-electron chi connectivity index (χ3n) is 3.97. The summed E-state index contributed by atoms with van der Waals surface area (Å²) in [4.78, 5) is 14.5. The number of amides is 1. The Balaban J connectivity index is 2.38. The lowest BCUT2D eigenvalue weighted by molar-refractivity contribution is 0.0681. The van der Waals surface area contributed by atoms with Crippen LogP contribution in [-0.2, 0) is 16.4 Å². The first-order valence-corrected chi connectivity index (χ1v) is 8.82. The molecule has 0 radical (unpaired) electrons. The van der Waals surface area contributed by atoms with Gasteiger partial charge in [0.05, 0.1) is 4.90 Å². The number of carbonyl (C=O) groups is 1. The fourth-order valence-electron chi connectivity index (χ4n) is 2.78. The number of aryl methyl sites for hydroxylation is 1. The Hall–Kier alpha value is -1.40. The molecule has 0 aromatic heterocycles. The molecule has 0 saturated carbocycles. The van der Waals surface area contributed by atoms with Gasteiger partial charge in [0.25, 0.3) is 5.91 Å². The molecular formula is C15H22N2O3S. The summed E-state index contributed by atoms with van der Waals surface area (Å²) in [5.74, 6) is 0.387. The first-order valence-electron chi connectivity index (χ1n) is 7.28. The van der Waals surface area contributed by atoms with Gasteiger partial charge in [-0.15, -0.1) is 0 Å². The summed E-state index contributed by atoms with van der Waals surface area (Å²) in [6.45, 7) is 5.52. The number of hydrogen-bond acceptors (Lipinski definition) is 3. The summed E-state index contributed by atoms with van der Waals surface area (Å²) < 4.78 is 23.0. The number of sulfonamides is 1. The topological polar surface area (TPSA) is 80.5 Å². The van der Waals surface area contributed by atoms with Crippen molar-refractivity contribution in [3.63, 3.8) is 0 Å². The predicted molar refractivity (Wildman–Crippen MR) is 81.5 cm³/mol. The normalized spacial score (nSPS) is 19.6. The molecule has 0 aliphatic carbocycles. The maximum absolute atomic E-state index is 12.7. The highest BCUT2D eigenvalue weighted by Crippen LogP contribution is 2.22. The van der Waals surface area contributed by atoms with Gasteiger partial charge in [0.15, 0.2) is 0 Å². The number of rotatable bonds is 3. The molecule has 1 saturated heterocycles. The van der Waals surface area contributed by atoms with Crippen molar-refractivity contribution in [2.75, 3.05) is 13.1 Å². The van der Waals surface area contributed by atoms with Gasteiger partial charge in [-0.05, 0) is 42.9 Å². The second kappa shape index (κ2) is 6.15. The quantitative estimate of drug-likeness (QED) is 0.924. The smallest absolute Gasteiger partial charge is 0.254 e. The van der Waals surface area contributed by atoms with Gasteiger partial charge in [-0.2, -0.15) is 0 Å². The highest BCUT2D eigenvalue weighted by molar-refractivity contribution is 7.89. The number of carbonyl (C=O) groups excluding carboxylic acids is 1. The fraction of sp³-hybridized carbons (Fsp3) is 0.533. The Morgan fingerprint density at radius 1 is 1.43 bits per heavy atom. The lowest BCUT2D eigenvalue weighted by Gasteiger charge is -2.31. The van der Waals surface area contributed by atoms with E-state index in [1.165, 1.54) is 12.1 Å². The molecule has 1 amide bonds. The van der Waals surface area contributed by atoms with E-state index in [0.717, 1.165) is 31.5 Å². The monoisotopic (exact) mass is 310 g/mol. The fourth-order valence-corrected chi connectivity index (χ4v) is 3.32. The molecule has 1 aliphatic heterocycles. The number of piperidine rings is 1. The average Bonchev–Trinajstić information content (AvgIpc) is 2.44. The van der Waals surface area contributed by atoms with Crippen LogP contribution < -0.4 is 5.14 Å². The van der Waals surface area contributed by atoms with Gasteiger partial charge < -0.3 is 4.90 Å². The highest BCUT2D eigenvalue weighted by atomic mass is 32.2. The van der Waals surface area contributed by atoms with Gasteiger partial charge >= 0.3 is 0 Å². The van der Waals surface area contributed by atoms with Crippen molar-refractivity contribution >= 4 is 15.9 Å². The third-order valence-corrected chi connectivity index (χ3v) is 4.88. The van der Waals surface area contributed by atoms with Gasteiger partial charge in [0, 0.05) is 18.7 Å². The van der Waals surface area contributed by atoms with Crippen molar-refractivity contribution < 1.29 is 13.2 Å². The van der Waals surface area contributed by atoms with Gasteiger partial charge in [0.2, 0.25) is 10.0 Å². The Bertz CT molecular complexity index is 640. The zero-order chi connectivity index (χ0) is 15.6. The lowest BCUT2D eigenvalue weighted by Crippen LogP contribution is -2.39. The van der Waals surface area contributed by atoms with Crippen LogP contribution in [0.1, 0.15) is 42.6 Å². The summed E-state index contributed by atoms with van der Waals surface area (Å²) in [5, 5.41) is 5.17. The van der Waals surface area contributed by atoms with Crippen molar-refractivity contribution in [1.29, 1.82) is 0 Å². The van der Waals surface area contributed by atoms with Crippen LogP contribution in [0.2, 0.25) is 0 Å². The van der Waals surface area contributed by atoms with E-state index >= 15 is 0 Å². The van der Waals surface area contributed by atoms with Crippen LogP contribution in [0, 0.1) is 5.92 Å². The Morgan fingerprint density at radius 2 is 2.14 bits per heavy atom. The third kappa shape index (κ3) is 3.63. The molecule has 0 spiro atoms. The zero-order valence-electron chi connectivity index (χ0n) is 12.5. The summed E-state index contributed by atoms with van der Waals surface area (Å²) in [5.41, 5.74) is 1.31. The van der Waals surface area contributed by atoms with Crippen molar-refractivity contribution in [1.82, 2.24) is 4.90 Å². The van der Waals surface area contributed by atoms with E-state index in [1.54, 1.807) is 6.07 Å². The van der Waals surface area contributed by atoms with Crippen LogP contribution in [0.3, 0.4) is 0 Å². The SMILES string of the molecule is CCc1ccc(S(N)(=O)=O)cc1C(=O)N1CCCC(C)C1. The number of likely N-dealkylation sites (tertiary alicyclic amines) is 1. The number of hydrogen-bond donors (Lipinski definition) is 1. The van der Waals surface area contributed by atoms with Crippen molar-refractivity contribution in [3.8, 4) is 0 Å². The predicted octanol–water partition coefficient (Wildman–Crippen LogP) is 1.77. The van der Waals surface area contributed by atoms with Crippen molar-refractivity contribution in [2.45, 2.75) is 38.0 Å². The van der Waals surface area contributed by atoms with Crippen LogP contribution in [0.5, 0.6) is 0 Å². The van der Waals surface area contributed by atoms with Crippen LogP contribution in [0.25, 0.3) is 0 Å². The number of nitrogens with two attached hydrogens (primary N) is 1. The van der Waals surface area contributed by atoms with Crippen LogP contribution >= 0.6 is 0 Å². The van der Waals surface area contributed by atoms with E-state index in [-0.39, 0.29) is 10.8 Å². The molecule has 1 unspecified atom stereocenters. The van der Waals surface area contributed by atoms with Gasteiger partial charge in [0.1, 0.15) is 0 Å². The Labute approximate surface area is 126 Å². The van der Waals surface area contributed by atoms with E-state index in [0.29, 0.717) is 17.9 Å². The second-order valence-electron chi connectivity index (χ2n) is 5.72. The van der Waals surface area contributed by atoms with E-state index in [2.05, 4.69) is 6.92 Å². The van der Waals surface area contributed by atoms with Crippen LogP contribution in [-0.4, -0.2) is 32.3 Å². The van der Waals surface area contributed by atoms with E-state index in [9.17, 15) is 13.2 Å². The maximum Gasteiger partial charge on any atom is 0.254 e. The molecule has 21 heavy (non-hydrogen) atoms. The van der Waals surface area contributed by atoms with Crippen LogP contribution in [0.4, 0.5) is 0 Å². The molecule has 2 rings (SSSR count). The minimum atomic E-state index is -3.80. The number of nitrogens with zero attached hydrogens (tertiary/aromatic N) is 1. The second-order valence-corrected chi connectivity index (χ2v) is 7.28. The number of benzene rings is 1. The molecule has 1 heterocycles. The lowest BCUT2D eigenvalue weighted by atomic mass is 9.98. The molecule has 2 N–H and O–H groups in total. The minimum absolute atomic E-state index is 0.00638. The summed E-state index contributed by atoms with van der Waals surface area (Å²) in [6, 6.07) is 4.56. The molecule has 1 fully saturated rings. The summed E-state index contributed by atoms with van der Waals surface area (Å²) in [7, 11) is -3.80. The van der Waals surface area contributed by atoms with Crippen molar-refractivity contribution in [3.05, 3.63) is 29.3 Å². The molecular weight excluding hydrogens is 288 g/mol. The molecule has 0 bridgehead atoms. The molecule has 1 aromatic rings. The Kier molecular flexibility index (Phi) is 4.68. The van der Waals surface area contributed by atoms with E-state index < -0.39 is 10.0 Å². The first kappa shape index (κ1) is 16.0. The molecule has 1 atom stereocenters. The highest BCUT2D eigenvalue weighted by Gasteiger charge is 2.24. The van der Waals surface area contributed by atoms with Crippen LogP contribution in [0.15, 0.2) is 23.1 Å². The average molecular weight is 310 g/mol.